The molecule has 0 amide bonds. The molecule has 0 fully saturated rings. The van der Waals surface area contributed by atoms with Crippen LogP contribution >= 0.6 is 0 Å². The maximum atomic E-state index is 10.9. The zero-order chi connectivity index (χ0) is 10.2. The van der Waals surface area contributed by atoms with Crippen LogP contribution in [-0.4, -0.2) is 13.0 Å². The molecule has 3 nitrogen and oxygen atoms in total. The monoisotopic (exact) mass is 263 g/mol. The molecule has 0 saturated carbocycles. The summed E-state index contributed by atoms with van der Waals surface area (Å²) in [5.74, 6) is 0. The minimum atomic E-state index is -4.38. The number of hydrogen-bond donors (Lipinski definition) is 0. The molecule has 0 bridgehead atoms. The molecule has 2 rings (SSSR count). The number of rotatable bonds is 1. The van der Waals surface area contributed by atoms with Gasteiger partial charge in [0.2, 0.25) is 0 Å². The van der Waals surface area contributed by atoms with Gasteiger partial charge in [-0.1, -0.05) is 36.4 Å². The predicted octanol–water partition coefficient (Wildman–Crippen LogP) is 1.74. The summed E-state index contributed by atoms with van der Waals surface area (Å²) in [6.07, 6.45) is 0. The molecule has 0 saturated heterocycles. The molecule has 5 heteroatoms. The van der Waals surface area contributed by atoms with Crippen LogP contribution in [0.1, 0.15) is 0 Å². The van der Waals surface area contributed by atoms with Gasteiger partial charge in [0.1, 0.15) is 10.1 Å². The van der Waals surface area contributed by atoms with E-state index in [4.69, 9.17) is 0 Å². The van der Waals surface area contributed by atoms with Gasteiger partial charge in [-0.15, -0.1) is 0 Å². The van der Waals surface area contributed by atoms with E-state index >= 15 is 0 Å². The van der Waals surface area contributed by atoms with E-state index in [0.717, 1.165) is 5.39 Å². The van der Waals surface area contributed by atoms with Gasteiger partial charge in [0.25, 0.3) is 0 Å². The summed E-state index contributed by atoms with van der Waals surface area (Å²) in [5.41, 5.74) is 0. The van der Waals surface area contributed by atoms with E-state index in [0.29, 0.717) is 5.39 Å². The number of hydrogen-bond acceptors (Lipinski definition) is 3. The molecule has 0 N–H and O–H groups in total. The van der Waals surface area contributed by atoms with E-state index < -0.39 is 10.1 Å². The van der Waals surface area contributed by atoms with Crippen LogP contribution in [-0.2, 0) is 27.2 Å². The van der Waals surface area contributed by atoms with Crippen LogP contribution in [0.5, 0.6) is 0 Å². The van der Waals surface area contributed by atoms with Crippen molar-refractivity contribution in [2.45, 2.75) is 4.90 Å². The van der Waals surface area contributed by atoms with Gasteiger partial charge in [-0.2, -0.15) is 0 Å². The van der Waals surface area contributed by atoms with E-state index in [1.165, 1.54) is 6.07 Å². The fourth-order valence-electron chi connectivity index (χ4n) is 1.41. The first kappa shape index (κ1) is 12.2. The summed E-state index contributed by atoms with van der Waals surface area (Å²) in [5, 5.41) is 1.23. The SMILES string of the molecule is O=S(=O)([O-])c1cccc2ccccc12.[Fe+3]. The standard InChI is InChI=1S/C10H8O3S.Fe/c11-14(12,13)10-7-3-5-8-4-1-2-6-9(8)10;/h1-7H,(H,11,12,13);/q;+3/p-1. The van der Waals surface area contributed by atoms with Gasteiger partial charge in [0.15, 0.2) is 0 Å². The van der Waals surface area contributed by atoms with Crippen molar-refractivity contribution in [1.82, 2.24) is 0 Å². The van der Waals surface area contributed by atoms with Crippen molar-refractivity contribution in [3.8, 4) is 0 Å². The largest absolute Gasteiger partial charge is 3.00 e. The average Bonchev–Trinajstić information content (AvgIpc) is 2.15. The summed E-state index contributed by atoms with van der Waals surface area (Å²) in [7, 11) is -4.38. The van der Waals surface area contributed by atoms with E-state index in [1.807, 2.05) is 0 Å². The van der Waals surface area contributed by atoms with Crippen molar-refractivity contribution in [1.29, 1.82) is 0 Å². The smallest absolute Gasteiger partial charge is 0.744 e. The minimum absolute atomic E-state index is 0. The van der Waals surface area contributed by atoms with Crippen molar-refractivity contribution in [2.75, 3.05) is 0 Å². The first-order valence-electron chi connectivity index (χ1n) is 4.03. The molecular weight excluding hydrogens is 256 g/mol. The quantitative estimate of drug-likeness (QED) is 0.581. The van der Waals surface area contributed by atoms with Gasteiger partial charge < -0.3 is 4.55 Å². The molecule has 0 heterocycles. The van der Waals surface area contributed by atoms with Crippen LogP contribution < -0.4 is 0 Å². The molecular formula is C10H7FeO3S+2. The van der Waals surface area contributed by atoms with Crippen LogP contribution in [0.4, 0.5) is 0 Å². The van der Waals surface area contributed by atoms with Gasteiger partial charge in [-0.25, -0.2) is 8.42 Å². The molecule has 0 spiro atoms. The number of fused-ring (bicyclic) bond motifs is 1. The molecule has 15 heavy (non-hydrogen) atoms. The summed E-state index contributed by atoms with van der Waals surface area (Å²) in [4.78, 5) is -0.157. The maximum Gasteiger partial charge on any atom is 3.00 e. The third-order valence-electron chi connectivity index (χ3n) is 2.02. The van der Waals surface area contributed by atoms with Crippen molar-refractivity contribution in [3.63, 3.8) is 0 Å². The Morgan fingerprint density at radius 3 is 2.20 bits per heavy atom. The molecule has 0 unspecified atom stereocenters. The van der Waals surface area contributed by atoms with Crippen molar-refractivity contribution >= 4 is 20.9 Å². The second-order valence-electron chi connectivity index (χ2n) is 2.93. The Labute approximate surface area is 98.3 Å². The molecule has 0 aliphatic heterocycles. The normalized spacial score (nSPS) is 11.0. The van der Waals surface area contributed by atoms with Crippen LogP contribution in [0, 0.1) is 0 Å². The van der Waals surface area contributed by atoms with Gasteiger partial charge in [0.05, 0.1) is 4.90 Å². The van der Waals surface area contributed by atoms with E-state index in [9.17, 15) is 13.0 Å². The Bertz CT molecular complexity index is 573. The van der Waals surface area contributed by atoms with E-state index in [2.05, 4.69) is 0 Å². The first-order chi connectivity index (χ1) is 6.59. The molecule has 2 aromatic rings. The Morgan fingerprint density at radius 1 is 0.933 bits per heavy atom. The number of benzene rings is 2. The molecule has 1 radical (unpaired) electrons. The Kier molecular flexibility index (Phi) is 3.52. The van der Waals surface area contributed by atoms with Gasteiger partial charge >= 0.3 is 17.1 Å². The second kappa shape index (κ2) is 4.33. The van der Waals surface area contributed by atoms with Crippen LogP contribution in [0.3, 0.4) is 0 Å². The summed E-state index contributed by atoms with van der Waals surface area (Å²) in [6, 6.07) is 11.5. The molecule has 0 aromatic heterocycles. The third kappa shape index (κ3) is 2.38. The van der Waals surface area contributed by atoms with Gasteiger partial charge in [0, 0.05) is 0 Å². The Balaban J connectivity index is 0.00000112. The zero-order valence-electron chi connectivity index (χ0n) is 7.53. The summed E-state index contributed by atoms with van der Waals surface area (Å²) >= 11 is 0. The van der Waals surface area contributed by atoms with E-state index in [1.54, 1.807) is 36.4 Å². The van der Waals surface area contributed by atoms with Crippen molar-refractivity contribution < 1.29 is 30.0 Å². The van der Waals surface area contributed by atoms with Crippen LogP contribution in [0.15, 0.2) is 47.4 Å². The third-order valence-corrected chi connectivity index (χ3v) is 2.91. The molecule has 0 atom stereocenters. The predicted molar refractivity (Wildman–Crippen MR) is 51.9 cm³/mol. The summed E-state index contributed by atoms with van der Waals surface area (Å²) < 4.78 is 32.7. The van der Waals surface area contributed by atoms with Gasteiger partial charge in [-0.05, 0) is 16.8 Å². The average molecular weight is 263 g/mol. The van der Waals surface area contributed by atoms with Gasteiger partial charge in [-0.3, -0.25) is 0 Å². The molecule has 0 aliphatic carbocycles. The van der Waals surface area contributed by atoms with Crippen LogP contribution in [0.25, 0.3) is 10.8 Å². The fraction of sp³-hybridized carbons (Fsp3) is 0. The Morgan fingerprint density at radius 2 is 1.53 bits per heavy atom. The van der Waals surface area contributed by atoms with Crippen molar-refractivity contribution in [2.24, 2.45) is 0 Å². The molecule has 0 aliphatic rings. The maximum absolute atomic E-state index is 10.9. The fourth-order valence-corrected chi connectivity index (χ4v) is 2.11. The zero-order valence-corrected chi connectivity index (χ0v) is 9.45. The molecule has 77 valence electrons. The first-order valence-corrected chi connectivity index (χ1v) is 5.43. The Hall–Kier alpha value is -0.871. The van der Waals surface area contributed by atoms with Crippen LogP contribution in [0.2, 0.25) is 0 Å². The summed E-state index contributed by atoms with van der Waals surface area (Å²) in [6.45, 7) is 0. The van der Waals surface area contributed by atoms with E-state index in [-0.39, 0.29) is 22.0 Å². The van der Waals surface area contributed by atoms with Crippen molar-refractivity contribution in [3.05, 3.63) is 42.5 Å². The molecule has 2 aromatic carbocycles. The minimum Gasteiger partial charge on any atom is -0.744 e. The topological polar surface area (TPSA) is 57.2 Å². The second-order valence-corrected chi connectivity index (χ2v) is 4.28.